The lowest BCUT2D eigenvalue weighted by atomic mass is 9.78. The summed E-state index contributed by atoms with van der Waals surface area (Å²) in [6, 6.07) is 7.59. The molecule has 2 aliphatic carbocycles. The molecule has 0 N–H and O–H groups in total. The molecule has 0 radical (unpaired) electrons. The molecule has 2 fully saturated rings. The molecule has 0 heterocycles. The second-order valence-electron chi connectivity index (χ2n) is 10.1. The summed E-state index contributed by atoms with van der Waals surface area (Å²) in [4.78, 5) is 12.5. The third-order valence-corrected chi connectivity index (χ3v) is 7.61. The number of hydrogen-bond acceptors (Lipinski definition) is 3. The fourth-order valence-corrected chi connectivity index (χ4v) is 5.68. The standard InChI is InChI=1S/C28H44O3/c1-3-6-22-9-11-24(12-10-22)8-5-21-30-26-17-19-27(20-18-26)31-28(29)25-15-13-23(7-4-2)14-16-25/h17-20,22-25H,3-16,21H2,1-2H3. The second-order valence-corrected chi connectivity index (χ2v) is 10.1. The minimum Gasteiger partial charge on any atom is -0.494 e. The van der Waals surface area contributed by atoms with Gasteiger partial charge < -0.3 is 9.47 Å². The molecule has 3 rings (SSSR count). The van der Waals surface area contributed by atoms with Crippen LogP contribution >= 0.6 is 0 Å². The summed E-state index contributed by atoms with van der Waals surface area (Å²) in [5, 5.41) is 0. The van der Waals surface area contributed by atoms with Gasteiger partial charge in [-0.1, -0.05) is 65.2 Å². The second kappa shape index (κ2) is 13.1. The Morgan fingerprint density at radius 2 is 1.23 bits per heavy atom. The Labute approximate surface area is 190 Å². The van der Waals surface area contributed by atoms with Gasteiger partial charge in [-0.3, -0.25) is 4.79 Å². The smallest absolute Gasteiger partial charge is 0.314 e. The average molecular weight is 429 g/mol. The summed E-state index contributed by atoms with van der Waals surface area (Å²) in [6.07, 6.45) is 17.7. The van der Waals surface area contributed by atoms with Crippen molar-refractivity contribution in [2.24, 2.45) is 23.7 Å². The van der Waals surface area contributed by atoms with Crippen LogP contribution in [0.5, 0.6) is 11.5 Å². The van der Waals surface area contributed by atoms with Gasteiger partial charge >= 0.3 is 5.97 Å². The summed E-state index contributed by atoms with van der Waals surface area (Å²) >= 11 is 0. The van der Waals surface area contributed by atoms with E-state index >= 15 is 0 Å². The van der Waals surface area contributed by atoms with E-state index in [4.69, 9.17) is 9.47 Å². The van der Waals surface area contributed by atoms with Crippen LogP contribution in [-0.4, -0.2) is 12.6 Å². The number of rotatable bonds is 11. The lowest BCUT2D eigenvalue weighted by Crippen LogP contribution is -2.25. The summed E-state index contributed by atoms with van der Waals surface area (Å²) in [5.74, 6) is 4.21. The van der Waals surface area contributed by atoms with Gasteiger partial charge in [0.2, 0.25) is 0 Å². The van der Waals surface area contributed by atoms with Crippen LogP contribution in [0.4, 0.5) is 0 Å². The van der Waals surface area contributed by atoms with Gasteiger partial charge in [-0.15, -0.1) is 0 Å². The van der Waals surface area contributed by atoms with E-state index in [1.165, 1.54) is 70.6 Å². The monoisotopic (exact) mass is 428 g/mol. The average Bonchev–Trinajstić information content (AvgIpc) is 2.80. The molecule has 0 saturated heterocycles. The van der Waals surface area contributed by atoms with Crippen molar-refractivity contribution in [2.45, 2.75) is 104 Å². The van der Waals surface area contributed by atoms with Gasteiger partial charge in [0.25, 0.3) is 0 Å². The lowest BCUT2D eigenvalue weighted by Gasteiger charge is -2.28. The Bertz CT molecular complexity index is 622. The molecule has 0 bridgehead atoms. The normalized spacial score (nSPS) is 26.4. The number of carbonyl (C=O) groups is 1. The molecule has 31 heavy (non-hydrogen) atoms. The molecule has 0 spiro atoms. The van der Waals surface area contributed by atoms with Gasteiger partial charge in [-0.05, 0) is 80.5 Å². The Balaban J connectivity index is 1.30. The van der Waals surface area contributed by atoms with E-state index in [9.17, 15) is 4.79 Å². The van der Waals surface area contributed by atoms with Crippen LogP contribution < -0.4 is 9.47 Å². The first-order valence-electron chi connectivity index (χ1n) is 13.1. The van der Waals surface area contributed by atoms with Crippen molar-refractivity contribution >= 4 is 5.97 Å². The maximum absolute atomic E-state index is 12.5. The molecule has 2 aliphatic rings. The van der Waals surface area contributed by atoms with Crippen molar-refractivity contribution in [1.82, 2.24) is 0 Å². The molecule has 3 nitrogen and oxygen atoms in total. The molecule has 0 atom stereocenters. The van der Waals surface area contributed by atoms with Gasteiger partial charge in [0.15, 0.2) is 0 Å². The molecule has 1 aromatic carbocycles. The Morgan fingerprint density at radius 1 is 0.742 bits per heavy atom. The third kappa shape index (κ3) is 8.16. The first-order chi connectivity index (χ1) is 15.2. The zero-order valence-corrected chi connectivity index (χ0v) is 20.0. The maximum atomic E-state index is 12.5. The predicted molar refractivity (Wildman–Crippen MR) is 128 cm³/mol. The first kappa shape index (κ1) is 24.1. The van der Waals surface area contributed by atoms with Crippen molar-refractivity contribution in [2.75, 3.05) is 6.61 Å². The van der Waals surface area contributed by atoms with E-state index in [1.807, 2.05) is 24.3 Å². The molecule has 0 aliphatic heterocycles. The van der Waals surface area contributed by atoms with Gasteiger partial charge in [0, 0.05) is 0 Å². The van der Waals surface area contributed by atoms with Crippen molar-refractivity contribution in [1.29, 1.82) is 0 Å². The van der Waals surface area contributed by atoms with Gasteiger partial charge in [0.1, 0.15) is 11.5 Å². The molecule has 174 valence electrons. The van der Waals surface area contributed by atoms with Crippen molar-refractivity contribution in [3.63, 3.8) is 0 Å². The lowest BCUT2D eigenvalue weighted by molar-refractivity contribution is -0.140. The number of esters is 1. The molecule has 2 saturated carbocycles. The maximum Gasteiger partial charge on any atom is 0.314 e. The predicted octanol–water partition coefficient (Wildman–Crippen LogP) is 7.96. The van der Waals surface area contributed by atoms with E-state index in [1.54, 1.807) is 0 Å². The van der Waals surface area contributed by atoms with Crippen molar-refractivity contribution < 1.29 is 14.3 Å². The van der Waals surface area contributed by atoms with Crippen molar-refractivity contribution in [3.8, 4) is 11.5 Å². The topological polar surface area (TPSA) is 35.5 Å². The molecule has 3 heteroatoms. The van der Waals surface area contributed by atoms with Crippen LogP contribution in [0, 0.1) is 23.7 Å². The summed E-state index contributed by atoms with van der Waals surface area (Å²) in [7, 11) is 0. The van der Waals surface area contributed by atoms with Crippen LogP contribution in [0.2, 0.25) is 0 Å². The molecule has 0 unspecified atom stereocenters. The van der Waals surface area contributed by atoms with Crippen LogP contribution in [0.25, 0.3) is 0 Å². The highest BCUT2D eigenvalue weighted by Crippen LogP contribution is 2.34. The Morgan fingerprint density at radius 3 is 1.77 bits per heavy atom. The van der Waals surface area contributed by atoms with E-state index in [0.29, 0.717) is 5.75 Å². The van der Waals surface area contributed by atoms with Gasteiger partial charge in [0.05, 0.1) is 12.5 Å². The number of carbonyl (C=O) groups excluding carboxylic acids is 1. The molecular weight excluding hydrogens is 384 g/mol. The van der Waals surface area contributed by atoms with Crippen molar-refractivity contribution in [3.05, 3.63) is 24.3 Å². The minimum atomic E-state index is -0.0581. The molecule has 0 aromatic heterocycles. The van der Waals surface area contributed by atoms with Gasteiger partial charge in [-0.2, -0.15) is 0 Å². The fourth-order valence-electron chi connectivity index (χ4n) is 5.68. The first-order valence-corrected chi connectivity index (χ1v) is 13.1. The fraction of sp³-hybridized carbons (Fsp3) is 0.750. The van der Waals surface area contributed by atoms with Crippen LogP contribution in [0.1, 0.15) is 104 Å². The van der Waals surface area contributed by atoms with Crippen LogP contribution in [-0.2, 0) is 4.79 Å². The summed E-state index contributed by atoms with van der Waals surface area (Å²) < 4.78 is 11.6. The Hall–Kier alpha value is -1.51. The highest BCUT2D eigenvalue weighted by atomic mass is 16.5. The molecule has 0 amide bonds. The van der Waals surface area contributed by atoms with Crippen LogP contribution in [0.3, 0.4) is 0 Å². The van der Waals surface area contributed by atoms with Crippen LogP contribution in [0.15, 0.2) is 24.3 Å². The zero-order chi connectivity index (χ0) is 21.9. The highest BCUT2D eigenvalue weighted by molar-refractivity contribution is 5.75. The van der Waals surface area contributed by atoms with E-state index < -0.39 is 0 Å². The summed E-state index contributed by atoms with van der Waals surface area (Å²) in [5.41, 5.74) is 0. The number of hydrogen-bond donors (Lipinski definition) is 0. The third-order valence-electron chi connectivity index (χ3n) is 7.61. The van der Waals surface area contributed by atoms with E-state index in [-0.39, 0.29) is 11.9 Å². The largest absolute Gasteiger partial charge is 0.494 e. The highest BCUT2D eigenvalue weighted by Gasteiger charge is 2.27. The zero-order valence-electron chi connectivity index (χ0n) is 20.0. The number of ether oxygens (including phenoxy) is 2. The molecule has 1 aromatic rings. The number of benzene rings is 1. The Kier molecular flexibility index (Phi) is 10.2. The minimum absolute atomic E-state index is 0.0581. The quantitative estimate of drug-likeness (QED) is 0.204. The molecular formula is C28H44O3. The SMILES string of the molecule is CCCC1CCC(CCCOc2ccc(OC(=O)C3CCC(CCC)CC3)cc2)CC1. The van der Waals surface area contributed by atoms with E-state index in [2.05, 4.69) is 13.8 Å². The van der Waals surface area contributed by atoms with Gasteiger partial charge in [-0.25, -0.2) is 0 Å². The van der Waals surface area contributed by atoms with E-state index in [0.717, 1.165) is 49.4 Å². The summed E-state index contributed by atoms with van der Waals surface area (Å²) in [6.45, 7) is 5.32.